The predicted octanol–water partition coefficient (Wildman–Crippen LogP) is 7.62. The number of rotatable bonds is 6. The van der Waals surface area contributed by atoms with Crippen molar-refractivity contribution in [1.29, 1.82) is 0 Å². The van der Waals surface area contributed by atoms with Crippen molar-refractivity contribution in [2.24, 2.45) is 0 Å². The van der Waals surface area contributed by atoms with Gasteiger partial charge in [0, 0.05) is 12.7 Å². The molecule has 0 bridgehead atoms. The van der Waals surface area contributed by atoms with Gasteiger partial charge < -0.3 is 10.2 Å². The number of alkyl halides is 6. The molecule has 0 radical (unpaired) electrons. The number of benzene rings is 3. The molecular formula is C25H22F6N2O. The highest BCUT2D eigenvalue weighted by atomic mass is 19.4. The Morgan fingerprint density at radius 3 is 1.91 bits per heavy atom. The molecule has 1 amide bonds. The normalized spacial score (nSPS) is 12.8. The smallest absolute Gasteiger partial charge is 0.343 e. The topological polar surface area (TPSA) is 32.3 Å². The molecule has 0 heterocycles. The van der Waals surface area contributed by atoms with E-state index in [2.05, 4.69) is 5.32 Å². The Morgan fingerprint density at radius 1 is 0.853 bits per heavy atom. The Hall–Kier alpha value is -3.49. The van der Waals surface area contributed by atoms with E-state index in [-0.39, 0.29) is 18.1 Å². The minimum absolute atomic E-state index is 0.00112. The SMILES string of the molecule is CCC(C(=O)Nc1ccccc1N(C)c1ccccc1)c1cc(C(F)(F)F)cc(C(F)(F)F)c1. The van der Waals surface area contributed by atoms with Crippen LogP contribution in [0.1, 0.15) is 36.0 Å². The van der Waals surface area contributed by atoms with Crippen LogP contribution in [-0.2, 0) is 17.1 Å². The standard InChI is InChI=1S/C25H22F6N2O/c1-3-20(16-13-17(24(26,27)28)15-18(14-16)25(29,30)31)23(34)32-21-11-7-8-12-22(21)33(2)19-9-5-4-6-10-19/h4-15,20H,3H2,1-2H3,(H,32,34). The summed E-state index contributed by atoms with van der Waals surface area (Å²) >= 11 is 0. The molecule has 3 aromatic rings. The van der Waals surface area contributed by atoms with E-state index in [9.17, 15) is 31.1 Å². The quantitative estimate of drug-likeness (QED) is 0.368. The van der Waals surface area contributed by atoms with Crippen molar-refractivity contribution in [3.05, 3.63) is 89.5 Å². The fraction of sp³-hybridized carbons (Fsp3) is 0.240. The van der Waals surface area contributed by atoms with Crippen LogP contribution in [-0.4, -0.2) is 13.0 Å². The van der Waals surface area contributed by atoms with Gasteiger partial charge in [0.15, 0.2) is 0 Å². The number of hydrogen-bond acceptors (Lipinski definition) is 2. The van der Waals surface area contributed by atoms with Gasteiger partial charge in [-0.1, -0.05) is 37.3 Å². The van der Waals surface area contributed by atoms with Crippen molar-refractivity contribution in [3.8, 4) is 0 Å². The monoisotopic (exact) mass is 480 g/mol. The number of nitrogens with one attached hydrogen (secondary N) is 1. The molecule has 34 heavy (non-hydrogen) atoms. The van der Waals surface area contributed by atoms with Crippen LogP contribution in [0, 0.1) is 0 Å². The lowest BCUT2D eigenvalue weighted by Crippen LogP contribution is -2.23. The summed E-state index contributed by atoms with van der Waals surface area (Å²) in [7, 11) is 1.78. The Labute approximate surface area is 193 Å². The lowest BCUT2D eigenvalue weighted by molar-refractivity contribution is -0.143. The second-order valence-corrected chi connectivity index (χ2v) is 7.70. The van der Waals surface area contributed by atoms with Gasteiger partial charge in [-0.25, -0.2) is 0 Å². The van der Waals surface area contributed by atoms with E-state index < -0.39 is 35.3 Å². The first-order valence-electron chi connectivity index (χ1n) is 10.4. The van der Waals surface area contributed by atoms with Crippen LogP contribution in [0.3, 0.4) is 0 Å². The van der Waals surface area contributed by atoms with Crippen LogP contribution in [0.5, 0.6) is 0 Å². The predicted molar refractivity (Wildman–Crippen MR) is 119 cm³/mol. The van der Waals surface area contributed by atoms with Gasteiger partial charge >= 0.3 is 12.4 Å². The molecule has 1 atom stereocenters. The Bertz CT molecular complexity index is 1110. The first-order chi connectivity index (χ1) is 15.9. The highest BCUT2D eigenvalue weighted by Gasteiger charge is 2.38. The van der Waals surface area contributed by atoms with E-state index in [1.807, 2.05) is 35.2 Å². The molecule has 3 rings (SSSR count). The van der Waals surface area contributed by atoms with Crippen LogP contribution in [0.4, 0.5) is 43.4 Å². The summed E-state index contributed by atoms with van der Waals surface area (Å²) in [4.78, 5) is 14.9. The number of hydrogen-bond donors (Lipinski definition) is 1. The van der Waals surface area contributed by atoms with Crippen LogP contribution >= 0.6 is 0 Å². The van der Waals surface area contributed by atoms with Gasteiger partial charge in [0.2, 0.25) is 5.91 Å². The molecule has 0 spiro atoms. The van der Waals surface area contributed by atoms with E-state index in [0.717, 1.165) is 5.69 Å². The first-order valence-corrected chi connectivity index (χ1v) is 10.4. The van der Waals surface area contributed by atoms with Gasteiger partial charge in [-0.3, -0.25) is 4.79 Å². The van der Waals surface area contributed by atoms with E-state index >= 15 is 0 Å². The summed E-state index contributed by atoms with van der Waals surface area (Å²) in [5.41, 5.74) is -1.45. The maximum atomic E-state index is 13.3. The van der Waals surface area contributed by atoms with Gasteiger partial charge in [0.25, 0.3) is 0 Å². The maximum Gasteiger partial charge on any atom is 0.416 e. The molecule has 0 aliphatic heterocycles. The summed E-state index contributed by atoms with van der Waals surface area (Å²) < 4.78 is 79.7. The third kappa shape index (κ3) is 5.70. The number of para-hydroxylation sites is 3. The van der Waals surface area contributed by atoms with Gasteiger partial charge in [-0.2, -0.15) is 26.3 Å². The zero-order valence-electron chi connectivity index (χ0n) is 18.3. The number of carbonyl (C=O) groups is 1. The lowest BCUT2D eigenvalue weighted by atomic mass is 9.91. The molecule has 1 unspecified atom stereocenters. The lowest BCUT2D eigenvalue weighted by Gasteiger charge is -2.24. The minimum Gasteiger partial charge on any atom is -0.343 e. The highest BCUT2D eigenvalue weighted by molar-refractivity contribution is 5.99. The Kier molecular flexibility index (Phi) is 7.24. The largest absolute Gasteiger partial charge is 0.416 e. The van der Waals surface area contributed by atoms with Gasteiger partial charge in [-0.15, -0.1) is 0 Å². The molecule has 0 aromatic heterocycles. The minimum atomic E-state index is -4.99. The van der Waals surface area contributed by atoms with Crippen LogP contribution in [0.25, 0.3) is 0 Å². The summed E-state index contributed by atoms with van der Waals surface area (Å²) in [5, 5.41) is 2.68. The number of halogens is 6. The van der Waals surface area contributed by atoms with Crippen LogP contribution in [0.15, 0.2) is 72.8 Å². The number of amides is 1. The highest BCUT2D eigenvalue weighted by Crippen LogP contribution is 2.39. The molecule has 0 saturated heterocycles. The van der Waals surface area contributed by atoms with Crippen LogP contribution < -0.4 is 10.2 Å². The van der Waals surface area contributed by atoms with Gasteiger partial charge in [0.05, 0.1) is 28.4 Å². The molecule has 0 aliphatic carbocycles. The zero-order valence-corrected chi connectivity index (χ0v) is 18.3. The van der Waals surface area contributed by atoms with E-state index in [1.165, 1.54) is 6.92 Å². The number of anilines is 3. The van der Waals surface area contributed by atoms with Crippen molar-refractivity contribution in [2.45, 2.75) is 31.6 Å². The Morgan fingerprint density at radius 2 is 1.38 bits per heavy atom. The molecule has 180 valence electrons. The summed E-state index contributed by atoms with van der Waals surface area (Å²) in [6, 6.07) is 17.3. The molecule has 1 N–H and O–H groups in total. The van der Waals surface area contributed by atoms with E-state index in [0.29, 0.717) is 23.5 Å². The third-order valence-corrected chi connectivity index (χ3v) is 5.40. The number of nitrogens with zero attached hydrogens (tertiary/aromatic N) is 1. The van der Waals surface area contributed by atoms with Crippen LogP contribution in [0.2, 0.25) is 0 Å². The van der Waals surface area contributed by atoms with Crippen molar-refractivity contribution >= 4 is 23.0 Å². The van der Waals surface area contributed by atoms with Crippen molar-refractivity contribution in [2.75, 3.05) is 17.3 Å². The Balaban J connectivity index is 1.97. The number of carbonyl (C=O) groups excluding carboxylic acids is 1. The van der Waals surface area contributed by atoms with Gasteiger partial charge in [-0.05, 0) is 54.4 Å². The average molecular weight is 480 g/mol. The maximum absolute atomic E-state index is 13.3. The third-order valence-electron chi connectivity index (χ3n) is 5.40. The first kappa shape index (κ1) is 25.1. The molecule has 3 aromatic carbocycles. The fourth-order valence-corrected chi connectivity index (χ4v) is 3.63. The summed E-state index contributed by atoms with van der Waals surface area (Å²) in [5.74, 6) is -1.93. The average Bonchev–Trinajstić information content (AvgIpc) is 2.79. The molecule has 3 nitrogen and oxygen atoms in total. The summed E-state index contributed by atoms with van der Waals surface area (Å²) in [6.45, 7) is 1.53. The summed E-state index contributed by atoms with van der Waals surface area (Å²) in [6.07, 6.45) is -9.98. The molecular weight excluding hydrogens is 458 g/mol. The van der Waals surface area contributed by atoms with Gasteiger partial charge in [0.1, 0.15) is 0 Å². The second kappa shape index (κ2) is 9.79. The van der Waals surface area contributed by atoms with Crippen molar-refractivity contribution in [3.63, 3.8) is 0 Å². The van der Waals surface area contributed by atoms with E-state index in [4.69, 9.17) is 0 Å². The second-order valence-electron chi connectivity index (χ2n) is 7.70. The zero-order chi connectivity index (χ0) is 25.1. The molecule has 0 aliphatic rings. The molecule has 0 saturated carbocycles. The fourth-order valence-electron chi connectivity index (χ4n) is 3.63. The van der Waals surface area contributed by atoms with Crippen molar-refractivity contribution in [1.82, 2.24) is 0 Å². The molecule has 9 heteroatoms. The molecule has 0 fully saturated rings. The van der Waals surface area contributed by atoms with E-state index in [1.54, 1.807) is 31.3 Å². The van der Waals surface area contributed by atoms with Crippen molar-refractivity contribution < 1.29 is 31.1 Å².